The van der Waals surface area contributed by atoms with E-state index < -0.39 is 0 Å². The Hall–Kier alpha value is -2.88. The zero-order valence-electron chi connectivity index (χ0n) is 14.2. The molecule has 0 atom stereocenters. The maximum absolute atomic E-state index is 12.1. The molecule has 0 saturated carbocycles. The number of rotatable bonds is 4. The monoisotopic (exact) mass is 319 g/mol. The highest BCUT2D eigenvalue weighted by atomic mass is 16.2. The third-order valence-electron chi connectivity index (χ3n) is 4.01. The summed E-state index contributed by atoms with van der Waals surface area (Å²) in [6, 6.07) is 16.0. The zero-order chi connectivity index (χ0) is 17.1. The number of nitrogens with one attached hydrogen (secondary N) is 1. The Labute approximate surface area is 141 Å². The van der Waals surface area contributed by atoms with Crippen LogP contribution in [0.1, 0.15) is 41.4 Å². The smallest absolute Gasteiger partial charge is 0.271 e. The predicted molar refractivity (Wildman–Crippen MR) is 98.6 cm³/mol. The van der Waals surface area contributed by atoms with Crippen molar-refractivity contribution in [2.24, 2.45) is 5.10 Å². The molecule has 0 aliphatic heterocycles. The van der Waals surface area contributed by atoms with Crippen molar-refractivity contribution in [3.05, 3.63) is 71.4 Å². The molecular formula is C20H21N3O. The Kier molecular flexibility index (Phi) is 4.47. The fourth-order valence-electron chi connectivity index (χ4n) is 2.69. The molecule has 0 fully saturated rings. The summed E-state index contributed by atoms with van der Waals surface area (Å²) in [5.41, 5.74) is 6.47. The lowest BCUT2D eigenvalue weighted by molar-refractivity contribution is 0.0955. The molecule has 1 heterocycles. The van der Waals surface area contributed by atoms with E-state index in [1.807, 2.05) is 31.2 Å². The van der Waals surface area contributed by atoms with Crippen LogP contribution in [0.15, 0.2) is 59.8 Å². The Morgan fingerprint density at radius 1 is 1.12 bits per heavy atom. The van der Waals surface area contributed by atoms with Crippen LogP contribution in [0, 0.1) is 6.92 Å². The molecule has 0 aliphatic rings. The summed E-state index contributed by atoms with van der Waals surface area (Å²) in [7, 11) is 0. The van der Waals surface area contributed by atoms with Gasteiger partial charge in [-0.15, -0.1) is 0 Å². The second kappa shape index (κ2) is 6.71. The Balaban J connectivity index is 1.81. The van der Waals surface area contributed by atoms with E-state index in [1.54, 1.807) is 18.3 Å². The molecule has 2 aromatic carbocycles. The molecule has 4 nitrogen and oxygen atoms in total. The van der Waals surface area contributed by atoms with E-state index in [9.17, 15) is 4.79 Å². The Morgan fingerprint density at radius 2 is 1.83 bits per heavy atom. The van der Waals surface area contributed by atoms with Gasteiger partial charge in [-0.25, -0.2) is 5.43 Å². The van der Waals surface area contributed by atoms with E-state index in [2.05, 4.69) is 47.3 Å². The molecule has 24 heavy (non-hydrogen) atoms. The topological polar surface area (TPSA) is 46.4 Å². The van der Waals surface area contributed by atoms with Crippen LogP contribution in [0.4, 0.5) is 0 Å². The first-order valence-corrected chi connectivity index (χ1v) is 8.06. The highest BCUT2D eigenvalue weighted by Gasteiger charge is 2.09. The molecule has 1 aromatic heterocycles. The number of carbonyl (C=O) groups excluding carboxylic acids is 1. The summed E-state index contributed by atoms with van der Waals surface area (Å²) >= 11 is 0. The minimum atomic E-state index is -0.209. The van der Waals surface area contributed by atoms with Crippen LogP contribution in [-0.4, -0.2) is 16.7 Å². The van der Waals surface area contributed by atoms with Gasteiger partial charge in [-0.3, -0.25) is 4.79 Å². The van der Waals surface area contributed by atoms with E-state index in [0.717, 1.165) is 16.5 Å². The number of hydrogen-bond donors (Lipinski definition) is 1. The number of hydrazone groups is 1. The minimum Gasteiger partial charge on any atom is -0.344 e. The number of benzene rings is 2. The van der Waals surface area contributed by atoms with Crippen molar-refractivity contribution in [1.82, 2.24) is 9.99 Å². The molecule has 0 radical (unpaired) electrons. The van der Waals surface area contributed by atoms with Crippen LogP contribution in [0.5, 0.6) is 0 Å². The number of para-hydroxylation sites is 1. The third kappa shape index (κ3) is 3.23. The summed E-state index contributed by atoms with van der Waals surface area (Å²) < 4.78 is 2.21. The van der Waals surface area contributed by atoms with Crippen LogP contribution in [0.25, 0.3) is 10.9 Å². The first kappa shape index (κ1) is 16.0. The average molecular weight is 319 g/mol. The molecule has 0 unspecified atom stereocenters. The SMILES string of the molecule is Cc1ccc(C(=O)N/N=C\c2cn(C(C)C)c3ccccc23)cc1. The maximum atomic E-state index is 12.1. The second-order valence-corrected chi connectivity index (χ2v) is 6.17. The number of aryl methyl sites for hydroxylation is 1. The third-order valence-corrected chi connectivity index (χ3v) is 4.01. The van der Waals surface area contributed by atoms with E-state index >= 15 is 0 Å². The fraction of sp³-hybridized carbons (Fsp3) is 0.200. The summed E-state index contributed by atoms with van der Waals surface area (Å²) in [5, 5.41) is 5.25. The molecular weight excluding hydrogens is 298 g/mol. The van der Waals surface area contributed by atoms with Crippen LogP contribution in [0.3, 0.4) is 0 Å². The van der Waals surface area contributed by atoms with Gasteiger partial charge in [0, 0.05) is 34.3 Å². The Morgan fingerprint density at radius 3 is 2.54 bits per heavy atom. The van der Waals surface area contributed by atoms with Crippen molar-refractivity contribution in [2.45, 2.75) is 26.8 Å². The fourth-order valence-corrected chi connectivity index (χ4v) is 2.69. The van der Waals surface area contributed by atoms with Crippen LogP contribution >= 0.6 is 0 Å². The van der Waals surface area contributed by atoms with Crippen LogP contribution in [-0.2, 0) is 0 Å². The maximum Gasteiger partial charge on any atom is 0.271 e. The lowest BCUT2D eigenvalue weighted by atomic mass is 10.1. The molecule has 3 rings (SSSR count). The van der Waals surface area contributed by atoms with Crippen molar-refractivity contribution in [2.75, 3.05) is 0 Å². The number of aromatic nitrogens is 1. The molecule has 4 heteroatoms. The van der Waals surface area contributed by atoms with Gasteiger partial charge >= 0.3 is 0 Å². The van der Waals surface area contributed by atoms with Gasteiger partial charge in [0.2, 0.25) is 0 Å². The first-order valence-electron chi connectivity index (χ1n) is 8.06. The largest absolute Gasteiger partial charge is 0.344 e. The van der Waals surface area contributed by atoms with Crippen molar-refractivity contribution >= 4 is 23.0 Å². The number of hydrogen-bond acceptors (Lipinski definition) is 2. The van der Waals surface area contributed by atoms with Gasteiger partial charge in [0.05, 0.1) is 6.21 Å². The molecule has 0 aliphatic carbocycles. The number of carbonyl (C=O) groups is 1. The predicted octanol–water partition coefficient (Wildman–Crippen LogP) is 4.29. The van der Waals surface area contributed by atoms with E-state index in [0.29, 0.717) is 11.6 Å². The highest BCUT2D eigenvalue weighted by molar-refractivity contribution is 6.00. The number of amides is 1. The van der Waals surface area contributed by atoms with Gasteiger partial charge in [-0.05, 0) is 39.0 Å². The minimum absolute atomic E-state index is 0.209. The molecule has 1 amide bonds. The van der Waals surface area contributed by atoms with Crippen molar-refractivity contribution in [3.8, 4) is 0 Å². The number of fused-ring (bicyclic) bond motifs is 1. The summed E-state index contributed by atoms with van der Waals surface area (Å²) in [4.78, 5) is 12.1. The molecule has 0 bridgehead atoms. The average Bonchev–Trinajstić information content (AvgIpc) is 2.95. The van der Waals surface area contributed by atoms with E-state index in [-0.39, 0.29) is 5.91 Å². The highest BCUT2D eigenvalue weighted by Crippen LogP contribution is 2.23. The van der Waals surface area contributed by atoms with Gasteiger partial charge in [0.15, 0.2) is 0 Å². The summed E-state index contributed by atoms with van der Waals surface area (Å²) in [6.07, 6.45) is 3.77. The van der Waals surface area contributed by atoms with Crippen LogP contribution < -0.4 is 5.43 Å². The summed E-state index contributed by atoms with van der Waals surface area (Å²) in [6.45, 7) is 6.28. The molecule has 0 spiro atoms. The lowest BCUT2D eigenvalue weighted by Gasteiger charge is -2.08. The summed E-state index contributed by atoms with van der Waals surface area (Å²) in [5.74, 6) is -0.209. The second-order valence-electron chi connectivity index (χ2n) is 6.17. The van der Waals surface area contributed by atoms with Gasteiger partial charge in [0.25, 0.3) is 5.91 Å². The standard InChI is InChI=1S/C20H21N3O/c1-14(2)23-13-17(18-6-4-5-7-19(18)23)12-21-22-20(24)16-10-8-15(3)9-11-16/h4-14H,1-3H3,(H,22,24)/b21-12-. The van der Waals surface area contributed by atoms with E-state index in [4.69, 9.17) is 0 Å². The molecule has 3 aromatic rings. The first-order chi connectivity index (χ1) is 11.6. The lowest BCUT2D eigenvalue weighted by Crippen LogP contribution is -2.17. The van der Waals surface area contributed by atoms with Gasteiger partial charge in [0.1, 0.15) is 0 Å². The number of nitrogens with zero attached hydrogens (tertiary/aromatic N) is 2. The van der Waals surface area contributed by atoms with Gasteiger partial charge in [-0.1, -0.05) is 35.9 Å². The van der Waals surface area contributed by atoms with E-state index in [1.165, 1.54) is 5.52 Å². The van der Waals surface area contributed by atoms with Crippen molar-refractivity contribution < 1.29 is 4.79 Å². The normalized spacial score (nSPS) is 11.5. The quantitative estimate of drug-likeness (QED) is 0.566. The molecule has 0 saturated heterocycles. The van der Waals surface area contributed by atoms with Crippen molar-refractivity contribution in [3.63, 3.8) is 0 Å². The molecule has 1 N–H and O–H groups in total. The van der Waals surface area contributed by atoms with Gasteiger partial charge < -0.3 is 4.57 Å². The Bertz CT molecular complexity index is 889. The zero-order valence-corrected chi connectivity index (χ0v) is 14.2. The van der Waals surface area contributed by atoms with Gasteiger partial charge in [-0.2, -0.15) is 5.10 Å². The molecule has 122 valence electrons. The van der Waals surface area contributed by atoms with Crippen molar-refractivity contribution in [1.29, 1.82) is 0 Å². The van der Waals surface area contributed by atoms with Crippen LogP contribution in [0.2, 0.25) is 0 Å².